The fourth-order valence-electron chi connectivity index (χ4n) is 1.68. The summed E-state index contributed by atoms with van der Waals surface area (Å²) < 4.78 is 5.36. The molecule has 20 heavy (non-hydrogen) atoms. The Morgan fingerprint density at radius 3 is 2.70 bits per heavy atom. The van der Waals surface area contributed by atoms with Crippen LogP contribution in [0.5, 0.6) is 0 Å². The van der Waals surface area contributed by atoms with Crippen molar-refractivity contribution in [3.05, 3.63) is 33.1 Å². The van der Waals surface area contributed by atoms with Gasteiger partial charge in [-0.3, -0.25) is 9.59 Å². The number of hydrogen-bond acceptors (Lipinski definition) is 4. The molecule has 106 valence electrons. The van der Waals surface area contributed by atoms with Crippen LogP contribution in [0.15, 0.2) is 18.2 Å². The first-order valence-electron chi connectivity index (χ1n) is 5.64. The summed E-state index contributed by atoms with van der Waals surface area (Å²) in [4.78, 5) is 25.1. The van der Waals surface area contributed by atoms with E-state index in [1.807, 2.05) is 0 Å². The summed E-state index contributed by atoms with van der Waals surface area (Å²) in [5.74, 6) is -0.807. The zero-order chi connectivity index (χ0) is 14.9. The van der Waals surface area contributed by atoms with E-state index in [1.165, 1.54) is 30.4 Å². The Hall–Kier alpha value is -1.30. The second-order valence-electron chi connectivity index (χ2n) is 4.12. The topological polar surface area (TPSA) is 46.6 Å². The molecule has 4 nitrogen and oxygen atoms in total. The largest absolute Gasteiger partial charge is 0.468 e. The van der Waals surface area contributed by atoms with Gasteiger partial charge in [-0.25, -0.2) is 0 Å². The molecule has 0 fully saturated rings. The third-order valence-corrected chi connectivity index (χ3v) is 4.61. The van der Waals surface area contributed by atoms with E-state index >= 15 is 0 Å². The van der Waals surface area contributed by atoms with E-state index < -0.39 is 5.97 Å². The minimum Gasteiger partial charge on any atom is -0.468 e. The maximum Gasteiger partial charge on any atom is 0.325 e. The highest BCUT2D eigenvalue weighted by molar-refractivity contribution is 7.21. The summed E-state index contributed by atoms with van der Waals surface area (Å²) in [5, 5.41) is 1.73. The van der Waals surface area contributed by atoms with Crippen LogP contribution in [0.25, 0.3) is 10.1 Å². The van der Waals surface area contributed by atoms with Gasteiger partial charge in [-0.2, -0.15) is 0 Å². The number of likely N-dealkylation sites (N-methyl/N-ethyl adjacent to an activating group) is 1. The number of carbonyl (C=O) groups excluding carboxylic acids is 2. The lowest BCUT2D eigenvalue weighted by molar-refractivity contribution is -0.141. The molecule has 2 rings (SSSR count). The Bertz CT molecular complexity index is 684. The molecule has 0 bridgehead atoms. The van der Waals surface area contributed by atoms with E-state index in [9.17, 15) is 9.59 Å². The molecule has 0 aliphatic rings. The number of nitrogens with zero attached hydrogens (tertiary/aromatic N) is 1. The summed E-state index contributed by atoms with van der Waals surface area (Å²) in [6, 6.07) is 5.24. The molecule has 0 unspecified atom stereocenters. The minimum atomic E-state index is -0.485. The smallest absolute Gasteiger partial charge is 0.325 e. The van der Waals surface area contributed by atoms with Crippen LogP contribution < -0.4 is 0 Å². The van der Waals surface area contributed by atoms with Crippen LogP contribution in [-0.4, -0.2) is 37.5 Å². The predicted octanol–water partition coefficient (Wildman–Crippen LogP) is 3.45. The maximum atomic E-state index is 12.3. The first-order valence-corrected chi connectivity index (χ1v) is 7.21. The summed E-state index contributed by atoms with van der Waals surface area (Å²) >= 11 is 13.4. The van der Waals surface area contributed by atoms with Gasteiger partial charge < -0.3 is 9.64 Å². The molecule has 7 heteroatoms. The molecule has 0 radical (unpaired) electrons. The number of esters is 1. The van der Waals surface area contributed by atoms with Crippen LogP contribution in [0.2, 0.25) is 10.0 Å². The molecule has 0 saturated heterocycles. The fourth-order valence-corrected chi connectivity index (χ4v) is 3.46. The second-order valence-corrected chi connectivity index (χ2v) is 5.99. The number of hydrogen-bond donors (Lipinski definition) is 0. The summed E-state index contributed by atoms with van der Waals surface area (Å²) in [7, 11) is 2.79. The number of halogens is 2. The monoisotopic (exact) mass is 331 g/mol. The van der Waals surface area contributed by atoms with Crippen LogP contribution in [0.1, 0.15) is 9.67 Å². The Morgan fingerprint density at radius 2 is 2.05 bits per heavy atom. The second kappa shape index (κ2) is 5.99. The van der Waals surface area contributed by atoms with Crippen LogP contribution in [0, 0.1) is 0 Å². The van der Waals surface area contributed by atoms with Gasteiger partial charge in [0.15, 0.2) is 0 Å². The zero-order valence-electron chi connectivity index (χ0n) is 10.8. The molecule has 2 aromatic rings. The highest BCUT2D eigenvalue weighted by Gasteiger charge is 2.22. The van der Waals surface area contributed by atoms with E-state index in [0.29, 0.717) is 14.9 Å². The fraction of sp³-hybridized carbons (Fsp3) is 0.231. The van der Waals surface area contributed by atoms with E-state index in [0.717, 1.165) is 10.1 Å². The average Bonchev–Trinajstić information content (AvgIpc) is 2.74. The van der Waals surface area contributed by atoms with Gasteiger partial charge in [0.1, 0.15) is 11.4 Å². The molecule has 0 atom stereocenters. The van der Waals surface area contributed by atoms with E-state index in [2.05, 4.69) is 4.74 Å². The number of rotatable bonds is 3. The van der Waals surface area contributed by atoms with Crippen molar-refractivity contribution in [3.8, 4) is 0 Å². The summed E-state index contributed by atoms with van der Waals surface area (Å²) in [5.41, 5.74) is 0. The molecule has 0 aliphatic carbocycles. The Labute approximate surface area is 129 Å². The number of fused-ring (bicyclic) bond motifs is 1. The van der Waals surface area contributed by atoms with E-state index in [4.69, 9.17) is 23.2 Å². The lowest BCUT2D eigenvalue weighted by Gasteiger charge is -2.14. The highest BCUT2D eigenvalue weighted by Crippen LogP contribution is 2.37. The van der Waals surface area contributed by atoms with Gasteiger partial charge in [0.2, 0.25) is 0 Å². The van der Waals surface area contributed by atoms with Gasteiger partial charge in [-0.05, 0) is 12.1 Å². The van der Waals surface area contributed by atoms with Crippen LogP contribution in [-0.2, 0) is 9.53 Å². The SMILES string of the molecule is COC(=O)CN(C)C(=O)c1sc2cc(Cl)ccc2c1Cl. The lowest BCUT2D eigenvalue weighted by atomic mass is 10.2. The van der Waals surface area contributed by atoms with Crippen molar-refractivity contribution in [1.82, 2.24) is 4.90 Å². The molecule has 1 aromatic heterocycles. The quantitative estimate of drug-likeness (QED) is 0.809. The Kier molecular flexibility index (Phi) is 4.52. The van der Waals surface area contributed by atoms with Crippen molar-refractivity contribution in [2.45, 2.75) is 0 Å². The number of ether oxygens (including phenoxy) is 1. The first-order chi connectivity index (χ1) is 9.43. The van der Waals surface area contributed by atoms with Gasteiger partial charge in [0.05, 0.1) is 12.1 Å². The minimum absolute atomic E-state index is 0.124. The number of carbonyl (C=O) groups is 2. The number of thiophene rings is 1. The molecule has 1 aromatic carbocycles. The summed E-state index contributed by atoms with van der Waals surface area (Å²) in [6.07, 6.45) is 0. The Balaban J connectivity index is 2.35. The van der Waals surface area contributed by atoms with Gasteiger partial charge in [0, 0.05) is 22.2 Å². The third kappa shape index (κ3) is 2.90. The number of methoxy groups -OCH3 is 1. The Morgan fingerprint density at radius 1 is 1.35 bits per heavy atom. The molecule has 0 spiro atoms. The first kappa shape index (κ1) is 15.1. The van der Waals surface area contributed by atoms with Crippen LogP contribution in [0.4, 0.5) is 0 Å². The molecule has 0 saturated carbocycles. The van der Waals surface area contributed by atoms with Crippen LogP contribution in [0.3, 0.4) is 0 Å². The van der Waals surface area contributed by atoms with E-state index in [1.54, 1.807) is 18.2 Å². The van der Waals surface area contributed by atoms with Gasteiger partial charge in [0.25, 0.3) is 5.91 Å². The van der Waals surface area contributed by atoms with Crippen molar-refractivity contribution < 1.29 is 14.3 Å². The highest BCUT2D eigenvalue weighted by atomic mass is 35.5. The molecule has 0 N–H and O–H groups in total. The zero-order valence-corrected chi connectivity index (χ0v) is 13.1. The standard InChI is InChI=1S/C13H11Cl2NO3S/c1-16(6-10(17)19-2)13(18)12-11(15)8-4-3-7(14)5-9(8)20-12/h3-5H,6H2,1-2H3. The normalized spacial score (nSPS) is 10.6. The number of benzene rings is 1. The molecule has 0 aliphatic heterocycles. The molecular formula is C13H11Cl2NO3S. The molecule has 1 heterocycles. The van der Waals surface area contributed by atoms with Crippen molar-refractivity contribution in [2.24, 2.45) is 0 Å². The summed E-state index contributed by atoms with van der Waals surface area (Å²) in [6.45, 7) is -0.124. The number of amides is 1. The van der Waals surface area contributed by atoms with E-state index in [-0.39, 0.29) is 12.5 Å². The molecular weight excluding hydrogens is 321 g/mol. The third-order valence-electron chi connectivity index (χ3n) is 2.73. The maximum absolute atomic E-state index is 12.3. The van der Waals surface area contributed by atoms with Crippen molar-refractivity contribution >= 4 is 56.5 Å². The van der Waals surface area contributed by atoms with Crippen molar-refractivity contribution in [3.63, 3.8) is 0 Å². The molecule has 1 amide bonds. The van der Waals surface area contributed by atoms with Crippen molar-refractivity contribution in [2.75, 3.05) is 20.7 Å². The van der Waals surface area contributed by atoms with Gasteiger partial charge in [-0.1, -0.05) is 29.3 Å². The van der Waals surface area contributed by atoms with Crippen LogP contribution >= 0.6 is 34.5 Å². The average molecular weight is 332 g/mol. The van der Waals surface area contributed by atoms with Gasteiger partial charge >= 0.3 is 5.97 Å². The predicted molar refractivity (Wildman–Crippen MR) is 80.8 cm³/mol. The lowest BCUT2D eigenvalue weighted by Crippen LogP contribution is -2.32. The van der Waals surface area contributed by atoms with Gasteiger partial charge in [-0.15, -0.1) is 11.3 Å². The van der Waals surface area contributed by atoms with Crippen molar-refractivity contribution in [1.29, 1.82) is 0 Å².